The van der Waals surface area contributed by atoms with Crippen molar-refractivity contribution in [1.82, 2.24) is 9.88 Å². The summed E-state index contributed by atoms with van der Waals surface area (Å²) < 4.78 is 19.1. The molecule has 2 rings (SSSR count). The summed E-state index contributed by atoms with van der Waals surface area (Å²) in [5.41, 5.74) is 0.378. The molecule has 0 bridgehead atoms. The van der Waals surface area contributed by atoms with Crippen molar-refractivity contribution in [3.63, 3.8) is 0 Å². The molecule has 0 saturated heterocycles. The van der Waals surface area contributed by atoms with Crippen molar-refractivity contribution in [3.05, 3.63) is 42.2 Å². The Hall–Kier alpha value is -2.17. The van der Waals surface area contributed by atoms with Crippen LogP contribution in [0.25, 0.3) is 11.3 Å². The van der Waals surface area contributed by atoms with Crippen LogP contribution in [-0.2, 0) is 11.2 Å². The van der Waals surface area contributed by atoms with E-state index in [0.29, 0.717) is 36.6 Å². The van der Waals surface area contributed by atoms with E-state index in [-0.39, 0.29) is 11.7 Å². The Morgan fingerprint density at radius 2 is 2.15 bits per heavy atom. The SMILES string of the molecule is CCN(C)C(=O)CCc1ncc(-c2ccccc2F)o1. The number of amides is 1. The number of benzene rings is 1. The summed E-state index contributed by atoms with van der Waals surface area (Å²) in [5.74, 6) is 0.519. The molecule has 1 heterocycles. The summed E-state index contributed by atoms with van der Waals surface area (Å²) in [7, 11) is 1.75. The molecule has 20 heavy (non-hydrogen) atoms. The first-order chi connectivity index (χ1) is 9.61. The van der Waals surface area contributed by atoms with E-state index < -0.39 is 0 Å². The Bertz CT molecular complexity index is 595. The fourth-order valence-corrected chi connectivity index (χ4v) is 1.79. The number of carbonyl (C=O) groups excluding carboxylic acids is 1. The lowest BCUT2D eigenvalue weighted by Gasteiger charge is -2.13. The monoisotopic (exact) mass is 276 g/mol. The van der Waals surface area contributed by atoms with Gasteiger partial charge in [-0.2, -0.15) is 0 Å². The lowest BCUT2D eigenvalue weighted by atomic mass is 10.2. The maximum Gasteiger partial charge on any atom is 0.222 e. The van der Waals surface area contributed by atoms with Crippen LogP contribution in [-0.4, -0.2) is 29.4 Å². The highest BCUT2D eigenvalue weighted by atomic mass is 19.1. The number of hydrogen-bond acceptors (Lipinski definition) is 3. The van der Waals surface area contributed by atoms with Crippen molar-refractivity contribution in [3.8, 4) is 11.3 Å². The molecular formula is C15H17FN2O2. The minimum absolute atomic E-state index is 0.0399. The maximum absolute atomic E-state index is 13.6. The van der Waals surface area contributed by atoms with Gasteiger partial charge in [0, 0.05) is 26.4 Å². The third-order valence-electron chi connectivity index (χ3n) is 3.15. The van der Waals surface area contributed by atoms with Gasteiger partial charge in [0.2, 0.25) is 5.91 Å². The van der Waals surface area contributed by atoms with Gasteiger partial charge in [-0.05, 0) is 19.1 Å². The van der Waals surface area contributed by atoms with Gasteiger partial charge in [-0.15, -0.1) is 0 Å². The second kappa shape index (κ2) is 6.32. The molecule has 1 aromatic heterocycles. The molecule has 5 heteroatoms. The predicted octanol–water partition coefficient (Wildman–Crippen LogP) is 2.89. The number of halogens is 1. The average molecular weight is 276 g/mol. The van der Waals surface area contributed by atoms with E-state index in [1.165, 1.54) is 12.3 Å². The third-order valence-corrected chi connectivity index (χ3v) is 3.15. The van der Waals surface area contributed by atoms with Crippen molar-refractivity contribution in [2.24, 2.45) is 0 Å². The summed E-state index contributed by atoms with van der Waals surface area (Å²) in [6.45, 7) is 2.59. The fraction of sp³-hybridized carbons (Fsp3) is 0.333. The van der Waals surface area contributed by atoms with Crippen molar-refractivity contribution >= 4 is 5.91 Å². The first-order valence-corrected chi connectivity index (χ1v) is 6.55. The smallest absolute Gasteiger partial charge is 0.222 e. The van der Waals surface area contributed by atoms with Crippen molar-refractivity contribution < 1.29 is 13.6 Å². The van der Waals surface area contributed by atoms with Gasteiger partial charge in [-0.3, -0.25) is 4.79 Å². The Balaban J connectivity index is 2.03. The summed E-state index contributed by atoms with van der Waals surface area (Å²) in [6, 6.07) is 6.36. The highest BCUT2D eigenvalue weighted by molar-refractivity contribution is 5.75. The van der Waals surface area contributed by atoms with Gasteiger partial charge >= 0.3 is 0 Å². The van der Waals surface area contributed by atoms with E-state index in [0.717, 1.165) is 0 Å². The maximum atomic E-state index is 13.6. The van der Waals surface area contributed by atoms with Crippen LogP contribution in [0, 0.1) is 5.82 Å². The van der Waals surface area contributed by atoms with Crippen LogP contribution in [0.15, 0.2) is 34.9 Å². The van der Waals surface area contributed by atoms with Crippen molar-refractivity contribution in [2.75, 3.05) is 13.6 Å². The Morgan fingerprint density at radius 1 is 1.40 bits per heavy atom. The van der Waals surface area contributed by atoms with Gasteiger partial charge in [0.05, 0.1) is 11.8 Å². The number of aryl methyl sites for hydroxylation is 1. The minimum atomic E-state index is -0.350. The summed E-state index contributed by atoms with van der Waals surface area (Å²) in [5, 5.41) is 0. The zero-order valence-electron chi connectivity index (χ0n) is 11.6. The highest BCUT2D eigenvalue weighted by Crippen LogP contribution is 2.23. The van der Waals surface area contributed by atoms with Crippen LogP contribution in [0.3, 0.4) is 0 Å². The average Bonchev–Trinajstić information content (AvgIpc) is 2.93. The molecule has 1 aromatic carbocycles. The van der Waals surface area contributed by atoms with E-state index in [4.69, 9.17) is 4.42 Å². The largest absolute Gasteiger partial charge is 0.441 e. The van der Waals surface area contributed by atoms with Gasteiger partial charge in [0.15, 0.2) is 11.7 Å². The number of hydrogen-bond donors (Lipinski definition) is 0. The Morgan fingerprint density at radius 3 is 2.85 bits per heavy atom. The number of aromatic nitrogens is 1. The molecule has 0 fully saturated rings. The highest BCUT2D eigenvalue weighted by Gasteiger charge is 2.12. The molecule has 0 aliphatic rings. The van der Waals surface area contributed by atoms with E-state index >= 15 is 0 Å². The molecule has 0 N–H and O–H groups in total. The zero-order chi connectivity index (χ0) is 14.5. The predicted molar refractivity (Wildman–Crippen MR) is 73.5 cm³/mol. The standard InChI is InChI=1S/C15H17FN2O2/c1-3-18(2)15(19)9-8-14-17-10-13(20-14)11-6-4-5-7-12(11)16/h4-7,10H,3,8-9H2,1-2H3. The molecule has 0 radical (unpaired) electrons. The van der Waals surface area contributed by atoms with Crippen molar-refractivity contribution in [1.29, 1.82) is 0 Å². The second-order valence-corrected chi connectivity index (χ2v) is 4.51. The zero-order valence-corrected chi connectivity index (χ0v) is 11.6. The fourth-order valence-electron chi connectivity index (χ4n) is 1.79. The minimum Gasteiger partial charge on any atom is -0.441 e. The summed E-state index contributed by atoms with van der Waals surface area (Å²) in [6.07, 6.45) is 2.24. The molecule has 0 atom stereocenters. The quantitative estimate of drug-likeness (QED) is 0.843. The van der Waals surface area contributed by atoms with Crippen LogP contribution in [0.4, 0.5) is 4.39 Å². The Labute approximate surface area is 117 Å². The van der Waals surface area contributed by atoms with E-state index in [1.54, 1.807) is 30.1 Å². The lowest BCUT2D eigenvalue weighted by Crippen LogP contribution is -2.26. The topological polar surface area (TPSA) is 46.3 Å². The number of rotatable bonds is 5. The number of oxazole rings is 1. The first-order valence-electron chi connectivity index (χ1n) is 6.55. The molecule has 106 valence electrons. The lowest BCUT2D eigenvalue weighted by molar-refractivity contribution is -0.129. The van der Waals surface area contributed by atoms with Crippen LogP contribution in [0.1, 0.15) is 19.2 Å². The van der Waals surface area contributed by atoms with Gasteiger partial charge in [0.1, 0.15) is 5.82 Å². The molecule has 0 saturated carbocycles. The Kier molecular flexibility index (Phi) is 4.50. The molecule has 0 aliphatic heterocycles. The van der Waals surface area contributed by atoms with Gasteiger partial charge < -0.3 is 9.32 Å². The van der Waals surface area contributed by atoms with Crippen molar-refractivity contribution in [2.45, 2.75) is 19.8 Å². The molecule has 2 aromatic rings. The number of nitrogens with zero attached hydrogens (tertiary/aromatic N) is 2. The molecular weight excluding hydrogens is 259 g/mol. The number of carbonyl (C=O) groups is 1. The van der Waals surface area contributed by atoms with Gasteiger partial charge in [-0.1, -0.05) is 12.1 Å². The van der Waals surface area contributed by atoms with Crippen LogP contribution in [0.2, 0.25) is 0 Å². The summed E-state index contributed by atoms with van der Waals surface area (Å²) in [4.78, 5) is 17.4. The first kappa shape index (κ1) is 14.2. The van der Waals surface area contributed by atoms with Crippen LogP contribution in [0.5, 0.6) is 0 Å². The molecule has 1 amide bonds. The third kappa shape index (κ3) is 3.23. The van der Waals surface area contributed by atoms with E-state index in [1.807, 2.05) is 6.92 Å². The van der Waals surface area contributed by atoms with Crippen LogP contribution < -0.4 is 0 Å². The molecule has 0 spiro atoms. The molecule has 4 nitrogen and oxygen atoms in total. The van der Waals surface area contributed by atoms with Crippen LogP contribution >= 0.6 is 0 Å². The van der Waals surface area contributed by atoms with E-state index in [9.17, 15) is 9.18 Å². The van der Waals surface area contributed by atoms with Gasteiger partial charge in [0.25, 0.3) is 0 Å². The summed E-state index contributed by atoms with van der Waals surface area (Å²) >= 11 is 0. The molecule has 0 unspecified atom stereocenters. The van der Waals surface area contributed by atoms with E-state index in [2.05, 4.69) is 4.98 Å². The molecule has 0 aliphatic carbocycles. The van der Waals surface area contributed by atoms with Gasteiger partial charge in [-0.25, -0.2) is 9.37 Å². The second-order valence-electron chi connectivity index (χ2n) is 4.51. The normalized spacial score (nSPS) is 10.6.